The average Bonchev–Trinajstić information content (AvgIpc) is 3.99. The summed E-state index contributed by atoms with van der Waals surface area (Å²) in [5, 5.41) is 8.95. The van der Waals surface area contributed by atoms with E-state index in [-0.39, 0.29) is 0 Å². The van der Waals surface area contributed by atoms with Crippen molar-refractivity contribution in [3.63, 3.8) is 0 Å². The highest BCUT2D eigenvalue weighted by Crippen LogP contribution is 2.63. The largest absolute Gasteiger partial charge is 0.232 e. The molecule has 2 aliphatic rings. The summed E-state index contributed by atoms with van der Waals surface area (Å²) in [5.74, 6) is 1.92. The molecule has 0 N–H and O–H groups in total. The zero-order valence-electron chi connectivity index (χ0n) is 33.4. The Balaban J connectivity index is 1.07. The molecular weight excluding hydrogens is 755 g/mol. The summed E-state index contributed by atoms with van der Waals surface area (Å²) in [6, 6.07) is 75.6. The van der Waals surface area contributed by atoms with Gasteiger partial charge in [0.15, 0.2) is 17.5 Å². The van der Waals surface area contributed by atoms with Crippen LogP contribution in [0.4, 0.5) is 0 Å². The summed E-state index contributed by atoms with van der Waals surface area (Å²) < 4.78 is 2.12. The van der Waals surface area contributed by atoms with Crippen molar-refractivity contribution in [1.82, 2.24) is 24.7 Å². The van der Waals surface area contributed by atoms with Crippen LogP contribution in [-0.4, -0.2) is 24.7 Å². The van der Waals surface area contributed by atoms with E-state index in [0.717, 1.165) is 44.5 Å². The molecule has 11 aromatic rings. The molecule has 0 saturated heterocycles. The van der Waals surface area contributed by atoms with Crippen LogP contribution >= 0.6 is 0 Å². The van der Waals surface area contributed by atoms with Crippen molar-refractivity contribution < 1.29 is 0 Å². The minimum Gasteiger partial charge on any atom is -0.232 e. The van der Waals surface area contributed by atoms with Gasteiger partial charge in [-0.05, 0) is 80.2 Å². The molecule has 0 fully saturated rings. The molecule has 0 atom stereocenters. The van der Waals surface area contributed by atoms with Crippen molar-refractivity contribution in [3.05, 3.63) is 235 Å². The number of fused-ring (bicyclic) bond motifs is 13. The van der Waals surface area contributed by atoms with Crippen molar-refractivity contribution in [3.8, 4) is 73.4 Å². The molecule has 62 heavy (non-hydrogen) atoms. The van der Waals surface area contributed by atoms with Gasteiger partial charge >= 0.3 is 0 Å². The SMILES string of the molecule is c1ccc(-c2nc(-c3ccccc3)nc(-c3ccc4c(c3)C3(c5ccccc5-c5ccccc53)c3cc(-c5nn(-c6ccccc6)c6c5ccc5ccccc56)ccc3-4)n2)cc1. The summed E-state index contributed by atoms with van der Waals surface area (Å²) in [6.45, 7) is 0. The van der Waals surface area contributed by atoms with Crippen LogP contribution in [0.2, 0.25) is 0 Å². The second-order valence-electron chi connectivity index (χ2n) is 16.2. The molecule has 1 spiro atoms. The van der Waals surface area contributed by atoms with Crippen LogP contribution in [0.5, 0.6) is 0 Å². The van der Waals surface area contributed by atoms with E-state index < -0.39 is 5.41 Å². The van der Waals surface area contributed by atoms with Crippen molar-refractivity contribution in [1.29, 1.82) is 0 Å². The van der Waals surface area contributed by atoms with E-state index in [1.54, 1.807) is 0 Å². The molecule has 13 rings (SSSR count). The number of hydrogen-bond acceptors (Lipinski definition) is 4. The summed E-state index contributed by atoms with van der Waals surface area (Å²) in [5.41, 5.74) is 16.3. The van der Waals surface area contributed by atoms with Gasteiger partial charge in [-0.15, -0.1) is 0 Å². The van der Waals surface area contributed by atoms with Crippen LogP contribution in [0.15, 0.2) is 212 Å². The molecule has 0 amide bonds. The fourth-order valence-electron chi connectivity index (χ4n) is 10.2. The lowest BCUT2D eigenvalue weighted by molar-refractivity contribution is 0.794. The minimum absolute atomic E-state index is 0.605. The fourth-order valence-corrected chi connectivity index (χ4v) is 10.2. The first-order valence-corrected chi connectivity index (χ1v) is 21.1. The highest BCUT2D eigenvalue weighted by Gasteiger charge is 2.52. The third-order valence-corrected chi connectivity index (χ3v) is 12.9. The van der Waals surface area contributed by atoms with Gasteiger partial charge in [0.2, 0.25) is 0 Å². The second-order valence-corrected chi connectivity index (χ2v) is 16.2. The first-order valence-electron chi connectivity index (χ1n) is 21.1. The Hall–Kier alpha value is -8.28. The van der Waals surface area contributed by atoms with E-state index >= 15 is 0 Å². The number of aromatic nitrogens is 5. The average molecular weight is 790 g/mol. The van der Waals surface area contributed by atoms with Gasteiger partial charge in [-0.3, -0.25) is 0 Å². The standard InChI is InChI=1S/C57H35N5/c1-4-17-37(18-5-1)54-58-55(38-19-6-2-7-20-38)60-56(59-54)40-30-32-46-45-31-29-39(34-50(45)57(51(46)35-40)48-26-14-12-24-43(48)44-25-13-15-27-49(44)57)52-47-33-28-36-16-10-11-23-42(36)53(47)62(61-52)41-21-8-3-9-22-41/h1-35H. The second kappa shape index (κ2) is 13.4. The van der Waals surface area contributed by atoms with E-state index in [2.05, 4.69) is 181 Å². The van der Waals surface area contributed by atoms with Gasteiger partial charge in [0, 0.05) is 33.0 Å². The highest BCUT2D eigenvalue weighted by molar-refractivity contribution is 6.11. The lowest BCUT2D eigenvalue weighted by atomic mass is 9.70. The molecule has 0 bridgehead atoms. The summed E-state index contributed by atoms with van der Waals surface area (Å²) in [6.07, 6.45) is 0. The summed E-state index contributed by atoms with van der Waals surface area (Å²) in [7, 11) is 0. The van der Waals surface area contributed by atoms with Crippen LogP contribution in [-0.2, 0) is 5.41 Å². The van der Waals surface area contributed by atoms with Gasteiger partial charge in [0.05, 0.1) is 16.6 Å². The third kappa shape index (κ3) is 4.96. The maximum Gasteiger partial charge on any atom is 0.164 e. The first kappa shape index (κ1) is 34.6. The Morgan fingerprint density at radius 2 is 0.823 bits per heavy atom. The monoisotopic (exact) mass is 789 g/mol. The Labute approximate surface area is 358 Å². The Morgan fingerprint density at radius 3 is 1.45 bits per heavy atom. The van der Waals surface area contributed by atoms with Crippen LogP contribution in [0.25, 0.3) is 95.0 Å². The lowest BCUT2D eigenvalue weighted by Gasteiger charge is -2.31. The van der Waals surface area contributed by atoms with Crippen LogP contribution in [0.3, 0.4) is 0 Å². The van der Waals surface area contributed by atoms with Crippen molar-refractivity contribution in [2.75, 3.05) is 0 Å². The number of benzene rings is 9. The van der Waals surface area contributed by atoms with Crippen molar-refractivity contribution in [2.45, 2.75) is 5.41 Å². The predicted octanol–water partition coefficient (Wildman–Crippen LogP) is 13.4. The molecule has 288 valence electrons. The van der Waals surface area contributed by atoms with E-state index in [1.807, 2.05) is 36.4 Å². The Morgan fingerprint density at radius 1 is 0.339 bits per heavy atom. The van der Waals surface area contributed by atoms with Crippen molar-refractivity contribution in [2.24, 2.45) is 0 Å². The molecule has 2 heterocycles. The number of para-hydroxylation sites is 1. The van der Waals surface area contributed by atoms with E-state index in [4.69, 9.17) is 20.1 Å². The maximum absolute atomic E-state index is 5.47. The lowest BCUT2D eigenvalue weighted by Crippen LogP contribution is -2.26. The molecule has 0 aliphatic heterocycles. The van der Waals surface area contributed by atoms with Gasteiger partial charge < -0.3 is 0 Å². The molecule has 0 radical (unpaired) electrons. The minimum atomic E-state index is -0.605. The Kier molecular flexibility index (Phi) is 7.45. The molecule has 2 aliphatic carbocycles. The maximum atomic E-state index is 5.47. The fraction of sp³-hybridized carbons (Fsp3) is 0.0175. The van der Waals surface area contributed by atoms with Crippen LogP contribution in [0, 0.1) is 0 Å². The normalized spacial score (nSPS) is 13.0. The molecule has 0 saturated carbocycles. The zero-order valence-corrected chi connectivity index (χ0v) is 33.4. The molecule has 5 nitrogen and oxygen atoms in total. The van der Waals surface area contributed by atoms with Crippen molar-refractivity contribution >= 4 is 21.7 Å². The highest BCUT2D eigenvalue weighted by atomic mass is 15.3. The summed E-state index contributed by atoms with van der Waals surface area (Å²) in [4.78, 5) is 15.4. The van der Waals surface area contributed by atoms with Gasteiger partial charge in [-0.1, -0.05) is 182 Å². The van der Waals surface area contributed by atoms with Gasteiger partial charge in [0.25, 0.3) is 0 Å². The van der Waals surface area contributed by atoms with Gasteiger partial charge in [-0.25, -0.2) is 19.6 Å². The Bertz CT molecular complexity index is 3470. The van der Waals surface area contributed by atoms with Gasteiger partial charge in [-0.2, -0.15) is 5.10 Å². The molecule has 9 aromatic carbocycles. The van der Waals surface area contributed by atoms with Crippen LogP contribution in [0.1, 0.15) is 22.3 Å². The molecule has 2 aromatic heterocycles. The van der Waals surface area contributed by atoms with Gasteiger partial charge in [0.1, 0.15) is 5.69 Å². The van der Waals surface area contributed by atoms with E-state index in [0.29, 0.717) is 17.5 Å². The molecule has 5 heteroatoms. The number of hydrogen-bond donors (Lipinski definition) is 0. The topological polar surface area (TPSA) is 56.5 Å². The van der Waals surface area contributed by atoms with E-state index in [1.165, 1.54) is 55.3 Å². The quantitative estimate of drug-likeness (QED) is 0.174. The predicted molar refractivity (Wildman–Crippen MR) is 250 cm³/mol. The molecular formula is C57H35N5. The molecule has 0 unspecified atom stereocenters. The zero-order chi connectivity index (χ0) is 40.8. The third-order valence-electron chi connectivity index (χ3n) is 12.9. The van der Waals surface area contributed by atoms with E-state index in [9.17, 15) is 0 Å². The smallest absolute Gasteiger partial charge is 0.164 e. The van der Waals surface area contributed by atoms with Crippen LogP contribution < -0.4 is 0 Å². The summed E-state index contributed by atoms with van der Waals surface area (Å²) >= 11 is 0. The number of rotatable bonds is 5. The first-order chi connectivity index (χ1) is 30.7. The number of nitrogens with zero attached hydrogens (tertiary/aromatic N) is 5.